The van der Waals surface area contributed by atoms with Gasteiger partial charge in [-0.1, -0.05) is 13.8 Å². The Kier molecular flexibility index (Phi) is 5.21. The highest BCUT2D eigenvalue weighted by molar-refractivity contribution is 5.74. The molecule has 1 saturated heterocycles. The van der Waals surface area contributed by atoms with Crippen LogP contribution in [0.3, 0.4) is 0 Å². The van der Waals surface area contributed by atoms with Gasteiger partial charge >= 0.3 is 6.03 Å². The van der Waals surface area contributed by atoms with E-state index in [9.17, 15) is 4.79 Å². The van der Waals surface area contributed by atoms with E-state index in [1.807, 2.05) is 13.8 Å². The number of ether oxygens (including phenoxy) is 1. The van der Waals surface area contributed by atoms with Gasteiger partial charge in [-0.05, 0) is 19.8 Å². The molecule has 0 aromatic carbocycles. The molecule has 5 nitrogen and oxygen atoms in total. The summed E-state index contributed by atoms with van der Waals surface area (Å²) in [7, 11) is 0. The second-order valence-electron chi connectivity index (χ2n) is 5.33. The van der Waals surface area contributed by atoms with Crippen molar-refractivity contribution in [3.05, 3.63) is 0 Å². The Morgan fingerprint density at radius 3 is 2.71 bits per heavy atom. The van der Waals surface area contributed by atoms with Crippen LogP contribution in [-0.2, 0) is 4.74 Å². The molecular formula is C12H25N3O2. The van der Waals surface area contributed by atoms with Crippen LogP contribution in [0.25, 0.3) is 0 Å². The van der Waals surface area contributed by atoms with Gasteiger partial charge in [0.05, 0.1) is 12.2 Å². The lowest BCUT2D eigenvalue weighted by molar-refractivity contribution is -0.0489. The zero-order chi connectivity index (χ0) is 12.9. The van der Waals surface area contributed by atoms with Crippen LogP contribution >= 0.6 is 0 Å². The number of hydrogen-bond donors (Lipinski definition) is 3. The average molecular weight is 243 g/mol. The molecule has 2 atom stereocenters. The molecular weight excluding hydrogens is 218 g/mol. The first-order chi connectivity index (χ1) is 7.93. The van der Waals surface area contributed by atoms with Gasteiger partial charge in [0.15, 0.2) is 0 Å². The minimum Gasteiger partial charge on any atom is -0.371 e. The van der Waals surface area contributed by atoms with E-state index in [1.165, 1.54) is 0 Å². The maximum atomic E-state index is 11.6. The predicted octanol–water partition coefficient (Wildman–Crippen LogP) is 0.709. The van der Waals surface area contributed by atoms with Gasteiger partial charge in [0.1, 0.15) is 0 Å². The Morgan fingerprint density at radius 1 is 1.47 bits per heavy atom. The number of carbonyl (C=O) groups excluding carboxylic acids is 1. The standard InChI is InChI=1S/C12H25N3O2/c1-9(2)10(3)15-11(16)14-8-12(4)7-13-5-6-17-12/h9-10,13H,5-8H2,1-4H3,(H2,14,15,16). The molecule has 2 amide bonds. The molecule has 0 aliphatic carbocycles. The Morgan fingerprint density at radius 2 is 2.18 bits per heavy atom. The Labute approximate surface area is 104 Å². The third kappa shape index (κ3) is 4.91. The quantitative estimate of drug-likeness (QED) is 0.681. The highest BCUT2D eigenvalue weighted by Crippen LogP contribution is 2.10. The van der Waals surface area contributed by atoms with Crippen LogP contribution in [0.5, 0.6) is 0 Å². The minimum absolute atomic E-state index is 0.124. The maximum absolute atomic E-state index is 11.6. The van der Waals surface area contributed by atoms with Crippen molar-refractivity contribution in [3.63, 3.8) is 0 Å². The first-order valence-electron chi connectivity index (χ1n) is 6.32. The monoisotopic (exact) mass is 243 g/mol. The zero-order valence-electron chi connectivity index (χ0n) is 11.3. The summed E-state index contributed by atoms with van der Waals surface area (Å²) >= 11 is 0. The van der Waals surface area contributed by atoms with Crippen LogP contribution in [-0.4, -0.2) is 43.9 Å². The topological polar surface area (TPSA) is 62.4 Å². The molecule has 3 N–H and O–H groups in total. The normalized spacial score (nSPS) is 26.6. The number of urea groups is 1. The van der Waals surface area contributed by atoms with E-state index < -0.39 is 0 Å². The van der Waals surface area contributed by atoms with Gasteiger partial charge in [0, 0.05) is 25.7 Å². The van der Waals surface area contributed by atoms with Crippen LogP contribution in [0.4, 0.5) is 4.79 Å². The molecule has 0 aromatic rings. The van der Waals surface area contributed by atoms with Crippen molar-refractivity contribution in [1.29, 1.82) is 0 Å². The molecule has 1 fully saturated rings. The Balaban J connectivity index is 2.27. The first kappa shape index (κ1) is 14.3. The fourth-order valence-corrected chi connectivity index (χ4v) is 1.58. The van der Waals surface area contributed by atoms with E-state index >= 15 is 0 Å². The van der Waals surface area contributed by atoms with E-state index in [4.69, 9.17) is 4.74 Å². The van der Waals surface area contributed by atoms with Crippen LogP contribution in [0.1, 0.15) is 27.7 Å². The SMILES string of the molecule is CC(C)C(C)NC(=O)NCC1(C)CNCCO1. The summed E-state index contributed by atoms with van der Waals surface area (Å²) in [6.45, 7) is 11.1. The smallest absolute Gasteiger partial charge is 0.315 e. The van der Waals surface area contributed by atoms with Crippen molar-refractivity contribution in [2.75, 3.05) is 26.2 Å². The fraction of sp³-hybridized carbons (Fsp3) is 0.917. The van der Waals surface area contributed by atoms with Crippen molar-refractivity contribution < 1.29 is 9.53 Å². The van der Waals surface area contributed by atoms with E-state index in [0.717, 1.165) is 13.1 Å². The van der Waals surface area contributed by atoms with E-state index in [1.54, 1.807) is 0 Å². The third-order valence-corrected chi connectivity index (χ3v) is 3.21. The van der Waals surface area contributed by atoms with Crippen molar-refractivity contribution in [1.82, 2.24) is 16.0 Å². The lowest BCUT2D eigenvalue weighted by Crippen LogP contribution is -2.55. The van der Waals surface area contributed by atoms with Gasteiger partial charge in [-0.2, -0.15) is 0 Å². The van der Waals surface area contributed by atoms with E-state index in [2.05, 4.69) is 29.8 Å². The molecule has 0 aromatic heterocycles. The summed E-state index contributed by atoms with van der Waals surface area (Å²) in [5, 5.41) is 9.04. The second kappa shape index (κ2) is 6.21. The van der Waals surface area contributed by atoms with Gasteiger partial charge in [0.25, 0.3) is 0 Å². The molecule has 2 unspecified atom stereocenters. The van der Waals surface area contributed by atoms with Crippen LogP contribution in [0.15, 0.2) is 0 Å². The number of morpholine rings is 1. The highest BCUT2D eigenvalue weighted by atomic mass is 16.5. The molecule has 0 radical (unpaired) electrons. The molecule has 100 valence electrons. The van der Waals surface area contributed by atoms with Gasteiger partial charge in [-0.15, -0.1) is 0 Å². The highest BCUT2D eigenvalue weighted by Gasteiger charge is 2.28. The fourth-order valence-electron chi connectivity index (χ4n) is 1.58. The summed E-state index contributed by atoms with van der Waals surface area (Å²) < 4.78 is 5.66. The number of carbonyl (C=O) groups is 1. The van der Waals surface area contributed by atoms with E-state index in [0.29, 0.717) is 19.1 Å². The summed E-state index contributed by atoms with van der Waals surface area (Å²) in [4.78, 5) is 11.6. The predicted molar refractivity (Wildman–Crippen MR) is 68.1 cm³/mol. The number of amides is 2. The zero-order valence-corrected chi connectivity index (χ0v) is 11.3. The molecule has 1 aliphatic rings. The Bertz CT molecular complexity index is 250. The lowest BCUT2D eigenvalue weighted by Gasteiger charge is -2.34. The summed E-state index contributed by atoms with van der Waals surface area (Å²) in [5.41, 5.74) is -0.295. The van der Waals surface area contributed by atoms with Crippen molar-refractivity contribution in [2.45, 2.75) is 39.3 Å². The molecule has 1 aliphatic heterocycles. The van der Waals surface area contributed by atoms with Crippen LogP contribution in [0.2, 0.25) is 0 Å². The minimum atomic E-state index is -0.295. The first-order valence-corrected chi connectivity index (χ1v) is 6.32. The van der Waals surface area contributed by atoms with Gasteiger partial charge in [-0.25, -0.2) is 4.79 Å². The average Bonchev–Trinajstić information content (AvgIpc) is 2.27. The third-order valence-electron chi connectivity index (χ3n) is 3.21. The summed E-state index contributed by atoms with van der Waals surface area (Å²) in [6, 6.07) is 0.0507. The summed E-state index contributed by atoms with van der Waals surface area (Å²) in [6.07, 6.45) is 0. The van der Waals surface area contributed by atoms with Gasteiger partial charge < -0.3 is 20.7 Å². The maximum Gasteiger partial charge on any atom is 0.315 e. The second-order valence-corrected chi connectivity index (χ2v) is 5.33. The number of nitrogens with one attached hydrogen (secondary N) is 3. The molecule has 1 heterocycles. The molecule has 0 bridgehead atoms. The summed E-state index contributed by atoms with van der Waals surface area (Å²) in [5.74, 6) is 0.434. The number of hydrogen-bond acceptors (Lipinski definition) is 3. The van der Waals surface area contributed by atoms with Crippen molar-refractivity contribution in [3.8, 4) is 0 Å². The van der Waals surface area contributed by atoms with Crippen molar-refractivity contribution >= 4 is 6.03 Å². The van der Waals surface area contributed by atoms with Crippen molar-refractivity contribution in [2.24, 2.45) is 5.92 Å². The van der Waals surface area contributed by atoms with Crippen LogP contribution in [0, 0.1) is 5.92 Å². The Hall–Kier alpha value is -0.810. The largest absolute Gasteiger partial charge is 0.371 e. The number of rotatable bonds is 4. The van der Waals surface area contributed by atoms with Crippen LogP contribution < -0.4 is 16.0 Å². The molecule has 5 heteroatoms. The van der Waals surface area contributed by atoms with E-state index in [-0.39, 0.29) is 17.7 Å². The molecule has 0 saturated carbocycles. The lowest BCUT2D eigenvalue weighted by atomic mass is 10.1. The van der Waals surface area contributed by atoms with Gasteiger partial charge in [-0.3, -0.25) is 0 Å². The molecule has 17 heavy (non-hydrogen) atoms. The molecule has 0 spiro atoms. The van der Waals surface area contributed by atoms with Gasteiger partial charge in [0.2, 0.25) is 0 Å². The molecule has 1 rings (SSSR count).